The molecule has 0 amide bonds. The molecule has 2 aromatic heterocycles. The molecule has 4 aromatic rings. The molecule has 0 aliphatic heterocycles. The fourth-order valence-electron chi connectivity index (χ4n) is 2.97. The summed E-state index contributed by atoms with van der Waals surface area (Å²) in [5.74, 6) is -0.207. The minimum absolute atomic E-state index is 0.127. The van der Waals surface area contributed by atoms with Crippen LogP contribution in [0.3, 0.4) is 0 Å². The molecule has 23 heavy (non-hydrogen) atoms. The van der Waals surface area contributed by atoms with Gasteiger partial charge in [0.25, 0.3) is 0 Å². The molecule has 1 atom stereocenters. The maximum Gasteiger partial charge on any atom is 0.123 e. The van der Waals surface area contributed by atoms with Gasteiger partial charge < -0.3 is 9.55 Å². The van der Waals surface area contributed by atoms with Gasteiger partial charge in [0.15, 0.2) is 0 Å². The van der Waals surface area contributed by atoms with E-state index in [0.29, 0.717) is 0 Å². The number of H-pyrrole nitrogens is 1. The quantitative estimate of drug-likeness (QED) is 0.598. The molecule has 2 aromatic carbocycles. The standard InChI is InChI=1S/C19H16FN3/c20-17-4-1-14(2-5-17)11-19(23-10-9-21-13-23)16-3-6-18-15(12-16)7-8-22-18/h1-10,12-13,19,22H,11H2. The first-order valence-electron chi connectivity index (χ1n) is 7.58. The summed E-state index contributed by atoms with van der Waals surface area (Å²) < 4.78 is 15.2. The Bertz CT molecular complexity index is 907. The number of rotatable bonds is 4. The number of aromatic amines is 1. The second kappa shape index (κ2) is 5.72. The molecule has 1 N–H and O–H groups in total. The van der Waals surface area contributed by atoms with Crippen LogP contribution in [-0.2, 0) is 6.42 Å². The van der Waals surface area contributed by atoms with Gasteiger partial charge in [-0.1, -0.05) is 18.2 Å². The molecule has 0 bridgehead atoms. The van der Waals surface area contributed by atoms with E-state index < -0.39 is 0 Å². The van der Waals surface area contributed by atoms with Crippen LogP contribution >= 0.6 is 0 Å². The Morgan fingerprint density at radius 2 is 1.96 bits per heavy atom. The molecular formula is C19H16FN3. The topological polar surface area (TPSA) is 33.6 Å². The third-order valence-corrected chi connectivity index (χ3v) is 4.19. The summed E-state index contributed by atoms with van der Waals surface area (Å²) in [6.45, 7) is 0. The molecule has 0 spiro atoms. The Kier molecular flexibility index (Phi) is 3.42. The Hall–Kier alpha value is -2.88. The van der Waals surface area contributed by atoms with Gasteiger partial charge in [-0.25, -0.2) is 9.37 Å². The van der Waals surface area contributed by atoms with Gasteiger partial charge in [-0.3, -0.25) is 0 Å². The van der Waals surface area contributed by atoms with Crippen molar-refractivity contribution >= 4 is 10.9 Å². The van der Waals surface area contributed by atoms with Gasteiger partial charge in [0.2, 0.25) is 0 Å². The van der Waals surface area contributed by atoms with E-state index >= 15 is 0 Å². The van der Waals surface area contributed by atoms with Gasteiger partial charge in [0, 0.05) is 24.1 Å². The number of hydrogen-bond donors (Lipinski definition) is 1. The average molecular weight is 305 g/mol. The van der Waals surface area contributed by atoms with Crippen molar-refractivity contribution in [3.8, 4) is 0 Å². The van der Waals surface area contributed by atoms with Gasteiger partial charge in [0.1, 0.15) is 5.82 Å². The van der Waals surface area contributed by atoms with Crippen LogP contribution in [0.25, 0.3) is 10.9 Å². The average Bonchev–Trinajstić information content (AvgIpc) is 3.25. The molecule has 0 aliphatic carbocycles. The van der Waals surface area contributed by atoms with Crippen molar-refractivity contribution in [2.45, 2.75) is 12.5 Å². The summed E-state index contributed by atoms with van der Waals surface area (Å²) in [5, 5.41) is 1.19. The van der Waals surface area contributed by atoms with Crippen LogP contribution in [0.1, 0.15) is 17.2 Å². The molecule has 0 fully saturated rings. The van der Waals surface area contributed by atoms with Gasteiger partial charge in [0.05, 0.1) is 12.4 Å². The van der Waals surface area contributed by atoms with Gasteiger partial charge in [-0.2, -0.15) is 0 Å². The summed E-state index contributed by atoms with van der Waals surface area (Å²) in [6.07, 6.45) is 8.31. The monoisotopic (exact) mass is 305 g/mol. The third-order valence-electron chi connectivity index (χ3n) is 4.19. The zero-order chi connectivity index (χ0) is 15.6. The number of nitrogens with zero attached hydrogens (tertiary/aromatic N) is 2. The smallest absolute Gasteiger partial charge is 0.123 e. The lowest BCUT2D eigenvalue weighted by Gasteiger charge is -2.19. The second-order valence-electron chi connectivity index (χ2n) is 5.68. The summed E-state index contributed by atoms with van der Waals surface area (Å²) in [5.41, 5.74) is 3.43. The van der Waals surface area contributed by atoms with Crippen LogP contribution in [0.15, 0.2) is 73.4 Å². The number of fused-ring (bicyclic) bond motifs is 1. The molecule has 0 saturated heterocycles. The molecule has 1 unspecified atom stereocenters. The number of imidazole rings is 1. The summed E-state index contributed by atoms with van der Waals surface area (Å²) in [6, 6.07) is 15.3. The van der Waals surface area contributed by atoms with Gasteiger partial charge >= 0.3 is 0 Å². The minimum Gasteiger partial charge on any atom is -0.361 e. The minimum atomic E-state index is -0.207. The molecule has 3 nitrogen and oxygen atoms in total. The van der Waals surface area contributed by atoms with Crippen LogP contribution in [0.4, 0.5) is 4.39 Å². The summed E-state index contributed by atoms with van der Waals surface area (Å²) in [7, 11) is 0. The number of hydrogen-bond acceptors (Lipinski definition) is 1. The van der Waals surface area contributed by atoms with E-state index in [1.165, 1.54) is 23.1 Å². The normalized spacial score (nSPS) is 12.6. The van der Waals surface area contributed by atoms with Gasteiger partial charge in [-0.15, -0.1) is 0 Å². The van der Waals surface area contributed by atoms with Crippen molar-refractivity contribution in [1.29, 1.82) is 0 Å². The van der Waals surface area contributed by atoms with Crippen LogP contribution in [0, 0.1) is 5.82 Å². The molecule has 0 radical (unpaired) electrons. The van der Waals surface area contributed by atoms with E-state index in [1.54, 1.807) is 6.20 Å². The van der Waals surface area contributed by atoms with Crippen molar-refractivity contribution in [1.82, 2.24) is 14.5 Å². The fourth-order valence-corrected chi connectivity index (χ4v) is 2.97. The number of nitrogens with one attached hydrogen (secondary N) is 1. The zero-order valence-electron chi connectivity index (χ0n) is 12.5. The highest BCUT2D eigenvalue weighted by atomic mass is 19.1. The molecule has 4 heteroatoms. The van der Waals surface area contributed by atoms with Crippen molar-refractivity contribution < 1.29 is 4.39 Å². The molecule has 4 rings (SSSR count). The Morgan fingerprint density at radius 3 is 2.74 bits per heavy atom. The van der Waals surface area contributed by atoms with Crippen molar-refractivity contribution in [2.24, 2.45) is 0 Å². The van der Waals surface area contributed by atoms with E-state index in [4.69, 9.17) is 0 Å². The zero-order valence-corrected chi connectivity index (χ0v) is 12.5. The predicted octanol–water partition coefficient (Wildman–Crippen LogP) is 4.34. The van der Waals surface area contributed by atoms with Crippen molar-refractivity contribution in [3.63, 3.8) is 0 Å². The van der Waals surface area contributed by atoms with Crippen LogP contribution in [-0.4, -0.2) is 14.5 Å². The summed E-state index contributed by atoms with van der Waals surface area (Å²) in [4.78, 5) is 7.39. The van der Waals surface area contributed by atoms with E-state index in [-0.39, 0.29) is 11.9 Å². The number of benzene rings is 2. The van der Waals surface area contributed by atoms with Crippen LogP contribution in [0.5, 0.6) is 0 Å². The SMILES string of the molecule is Fc1ccc(CC(c2ccc3[nH]ccc3c2)n2ccnc2)cc1. The van der Waals surface area contributed by atoms with Crippen molar-refractivity contribution in [3.05, 3.63) is 90.4 Å². The first-order valence-corrected chi connectivity index (χ1v) is 7.58. The first kappa shape index (κ1) is 13.8. The van der Waals surface area contributed by atoms with Crippen LogP contribution in [0.2, 0.25) is 0 Å². The molecular weight excluding hydrogens is 289 g/mol. The fraction of sp³-hybridized carbons (Fsp3) is 0.105. The Morgan fingerprint density at radius 1 is 1.09 bits per heavy atom. The largest absolute Gasteiger partial charge is 0.361 e. The lowest BCUT2D eigenvalue weighted by molar-refractivity contribution is 0.579. The molecule has 114 valence electrons. The molecule has 0 saturated carbocycles. The maximum absolute atomic E-state index is 13.1. The summed E-state index contributed by atoms with van der Waals surface area (Å²) >= 11 is 0. The van der Waals surface area contributed by atoms with E-state index in [2.05, 4.69) is 38.8 Å². The van der Waals surface area contributed by atoms with E-state index in [0.717, 1.165) is 17.5 Å². The van der Waals surface area contributed by atoms with E-state index in [1.807, 2.05) is 30.9 Å². The Balaban J connectivity index is 1.74. The first-order chi connectivity index (χ1) is 11.3. The molecule has 0 aliphatic rings. The predicted molar refractivity (Wildman–Crippen MR) is 88.8 cm³/mol. The van der Waals surface area contributed by atoms with E-state index in [9.17, 15) is 4.39 Å². The Labute approximate surface area is 133 Å². The highest BCUT2D eigenvalue weighted by Crippen LogP contribution is 2.26. The van der Waals surface area contributed by atoms with Crippen molar-refractivity contribution in [2.75, 3.05) is 0 Å². The highest BCUT2D eigenvalue weighted by molar-refractivity contribution is 5.80. The highest BCUT2D eigenvalue weighted by Gasteiger charge is 2.15. The second-order valence-corrected chi connectivity index (χ2v) is 5.68. The third kappa shape index (κ3) is 2.75. The lowest BCUT2D eigenvalue weighted by Crippen LogP contribution is -2.12. The maximum atomic E-state index is 13.1. The van der Waals surface area contributed by atoms with Gasteiger partial charge in [-0.05, 0) is 53.3 Å². The molecule has 2 heterocycles. The van der Waals surface area contributed by atoms with Crippen LogP contribution < -0.4 is 0 Å². The number of aromatic nitrogens is 3. The lowest BCUT2D eigenvalue weighted by atomic mass is 9.97. The number of halogens is 1.